The topological polar surface area (TPSA) is 59.1 Å². The molecule has 2 heterocycles. The highest BCUT2D eigenvalue weighted by Crippen LogP contribution is 2.43. The summed E-state index contributed by atoms with van der Waals surface area (Å²) in [5, 5.41) is 14.4. The van der Waals surface area contributed by atoms with Crippen LogP contribution in [0.15, 0.2) is 46.4 Å². The molecular formula is C19H14BrFN2OS. The van der Waals surface area contributed by atoms with Gasteiger partial charge in [0, 0.05) is 27.0 Å². The van der Waals surface area contributed by atoms with Crippen LogP contribution >= 0.6 is 27.3 Å². The zero-order valence-electron chi connectivity index (χ0n) is 13.1. The van der Waals surface area contributed by atoms with E-state index in [0.29, 0.717) is 34.1 Å². The minimum atomic E-state index is -0.316. The van der Waals surface area contributed by atoms with E-state index in [1.54, 1.807) is 23.5 Å². The third-order valence-corrected chi connectivity index (χ3v) is 5.72. The average Bonchev–Trinajstić information content (AvgIpc) is 3.06. The van der Waals surface area contributed by atoms with Gasteiger partial charge in [-0.3, -0.25) is 4.98 Å². The Morgan fingerprint density at radius 3 is 2.84 bits per heavy atom. The normalized spacial score (nSPS) is 11.5. The molecule has 3 N–H and O–H groups in total. The van der Waals surface area contributed by atoms with E-state index < -0.39 is 0 Å². The van der Waals surface area contributed by atoms with E-state index in [1.807, 2.05) is 23.7 Å². The molecule has 0 amide bonds. The number of hydrogen-bond acceptors (Lipinski definition) is 4. The van der Waals surface area contributed by atoms with Gasteiger partial charge in [0.25, 0.3) is 0 Å². The molecule has 2 aromatic heterocycles. The lowest BCUT2D eigenvalue weighted by Crippen LogP contribution is -2.04. The van der Waals surface area contributed by atoms with Crippen molar-refractivity contribution in [1.29, 1.82) is 0 Å². The van der Waals surface area contributed by atoms with Gasteiger partial charge < -0.3 is 10.8 Å². The van der Waals surface area contributed by atoms with Crippen LogP contribution in [-0.4, -0.2) is 16.6 Å². The van der Waals surface area contributed by atoms with Crippen LogP contribution in [0.5, 0.6) is 5.75 Å². The Hall–Kier alpha value is -2.02. The van der Waals surface area contributed by atoms with E-state index in [0.717, 1.165) is 21.0 Å². The van der Waals surface area contributed by atoms with E-state index in [4.69, 9.17) is 5.73 Å². The van der Waals surface area contributed by atoms with Gasteiger partial charge in [0.15, 0.2) is 0 Å². The predicted octanol–water partition coefficient (Wildman–Crippen LogP) is 5.22. The van der Waals surface area contributed by atoms with E-state index in [-0.39, 0.29) is 11.6 Å². The number of aromatic hydroxyl groups is 1. The first-order valence-corrected chi connectivity index (χ1v) is 9.43. The van der Waals surface area contributed by atoms with Gasteiger partial charge in [-0.05, 0) is 63.6 Å². The van der Waals surface area contributed by atoms with Crippen LogP contribution in [-0.2, 0) is 6.42 Å². The summed E-state index contributed by atoms with van der Waals surface area (Å²) in [5.41, 5.74) is 8.05. The fourth-order valence-electron chi connectivity index (χ4n) is 3.12. The van der Waals surface area contributed by atoms with Gasteiger partial charge in [0.05, 0.1) is 10.2 Å². The number of thiophene rings is 1. The Kier molecular flexibility index (Phi) is 4.19. The fraction of sp³-hybridized carbons (Fsp3) is 0.105. The monoisotopic (exact) mass is 416 g/mol. The Balaban J connectivity index is 2.07. The quantitative estimate of drug-likeness (QED) is 0.480. The van der Waals surface area contributed by atoms with Gasteiger partial charge in [-0.2, -0.15) is 0 Å². The maximum atomic E-state index is 14.4. The highest BCUT2D eigenvalue weighted by atomic mass is 79.9. The van der Waals surface area contributed by atoms with Crippen molar-refractivity contribution >= 4 is 48.3 Å². The molecule has 0 fully saturated rings. The third-order valence-electron chi connectivity index (χ3n) is 4.26. The first kappa shape index (κ1) is 16.4. The van der Waals surface area contributed by atoms with Crippen LogP contribution in [0.3, 0.4) is 0 Å². The predicted molar refractivity (Wildman–Crippen MR) is 105 cm³/mol. The smallest absolute Gasteiger partial charge is 0.127 e. The Labute approximate surface area is 156 Å². The summed E-state index contributed by atoms with van der Waals surface area (Å²) in [6.07, 6.45) is 2.30. The largest absolute Gasteiger partial charge is 0.507 e. The summed E-state index contributed by atoms with van der Waals surface area (Å²) < 4.78 is 16.2. The molecule has 3 nitrogen and oxygen atoms in total. The molecule has 0 aliphatic heterocycles. The van der Waals surface area contributed by atoms with Crippen LogP contribution in [0.25, 0.3) is 32.1 Å². The van der Waals surface area contributed by atoms with Crippen LogP contribution in [0.1, 0.15) is 5.56 Å². The second kappa shape index (κ2) is 6.37. The first-order valence-electron chi connectivity index (χ1n) is 7.76. The van der Waals surface area contributed by atoms with E-state index in [9.17, 15) is 9.50 Å². The summed E-state index contributed by atoms with van der Waals surface area (Å²) >= 11 is 5.05. The van der Waals surface area contributed by atoms with Gasteiger partial charge in [-0.25, -0.2) is 4.39 Å². The van der Waals surface area contributed by atoms with E-state index in [1.165, 1.54) is 6.07 Å². The van der Waals surface area contributed by atoms with Crippen molar-refractivity contribution in [3.8, 4) is 16.9 Å². The summed E-state index contributed by atoms with van der Waals surface area (Å²) in [5.74, 6) is -0.227. The van der Waals surface area contributed by atoms with Crippen LogP contribution in [0.2, 0.25) is 0 Å². The second-order valence-electron chi connectivity index (χ2n) is 5.78. The lowest BCUT2D eigenvalue weighted by Gasteiger charge is -2.13. The first-order chi connectivity index (χ1) is 12.1. The van der Waals surface area contributed by atoms with Gasteiger partial charge in [0.2, 0.25) is 0 Å². The lowest BCUT2D eigenvalue weighted by molar-refractivity contribution is 0.477. The molecule has 0 bridgehead atoms. The number of hydrogen-bond donors (Lipinski definition) is 2. The van der Waals surface area contributed by atoms with Crippen molar-refractivity contribution in [2.75, 3.05) is 6.54 Å². The molecule has 4 aromatic rings. The molecule has 0 saturated carbocycles. The number of rotatable bonds is 3. The second-order valence-corrected chi connectivity index (χ2v) is 7.58. The van der Waals surface area contributed by atoms with Crippen molar-refractivity contribution < 1.29 is 9.50 Å². The molecule has 6 heteroatoms. The lowest BCUT2D eigenvalue weighted by atomic mass is 9.96. The average molecular weight is 417 g/mol. The molecule has 0 saturated heterocycles. The zero-order valence-corrected chi connectivity index (χ0v) is 15.5. The number of benzene rings is 2. The number of pyridine rings is 1. The standard InChI is InChI=1S/C19H14BrFN2OS/c20-13-8-15(24)17(11-2-1-10(3-5-22)14(21)7-11)18-12-4-6-25-16(12)9-23-19(13)18/h1-2,4,6-9,24H,3,5,22H2. The number of aromatic nitrogens is 1. The number of phenolic OH excluding ortho intramolecular Hbond substituents is 1. The molecule has 0 atom stereocenters. The maximum Gasteiger partial charge on any atom is 0.127 e. The minimum Gasteiger partial charge on any atom is -0.507 e. The van der Waals surface area contributed by atoms with Gasteiger partial charge in [-0.15, -0.1) is 11.3 Å². The van der Waals surface area contributed by atoms with Crippen molar-refractivity contribution in [2.24, 2.45) is 5.73 Å². The summed E-state index contributed by atoms with van der Waals surface area (Å²) in [6, 6.07) is 8.61. The molecule has 0 unspecified atom stereocenters. The Morgan fingerprint density at radius 1 is 1.24 bits per heavy atom. The van der Waals surface area contributed by atoms with Gasteiger partial charge in [0.1, 0.15) is 11.6 Å². The summed E-state index contributed by atoms with van der Waals surface area (Å²) in [7, 11) is 0. The number of fused-ring (bicyclic) bond motifs is 3. The molecule has 0 radical (unpaired) electrons. The molecule has 0 aliphatic rings. The van der Waals surface area contributed by atoms with E-state index >= 15 is 0 Å². The SMILES string of the molecule is NCCc1ccc(-c2c(O)cc(Br)c3ncc4sccc4c23)cc1F. The van der Waals surface area contributed by atoms with Crippen molar-refractivity contribution in [1.82, 2.24) is 4.98 Å². The van der Waals surface area contributed by atoms with Crippen LogP contribution in [0.4, 0.5) is 4.39 Å². The number of halogens is 2. The number of phenols is 1. The fourth-order valence-corrected chi connectivity index (χ4v) is 4.40. The van der Waals surface area contributed by atoms with Crippen LogP contribution < -0.4 is 5.73 Å². The zero-order chi connectivity index (χ0) is 17.6. The highest BCUT2D eigenvalue weighted by molar-refractivity contribution is 9.10. The van der Waals surface area contributed by atoms with E-state index in [2.05, 4.69) is 20.9 Å². The van der Waals surface area contributed by atoms with Gasteiger partial charge >= 0.3 is 0 Å². The molecule has 0 aliphatic carbocycles. The van der Waals surface area contributed by atoms with Crippen molar-refractivity contribution in [3.63, 3.8) is 0 Å². The molecular weight excluding hydrogens is 403 g/mol. The molecule has 0 spiro atoms. The molecule has 25 heavy (non-hydrogen) atoms. The molecule has 4 rings (SSSR count). The summed E-state index contributed by atoms with van der Waals surface area (Å²) in [4.78, 5) is 4.52. The Bertz CT molecular complexity index is 1110. The maximum absolute atomic E-state index is 14.4. The Morgan fingerprint density at radius 2 is 2.08 bits per heavy atom. The van der Waals surface area contributed by atoms with Gasteiger partial charge in [-0.1, -0.05) is 12.1 Å². The van der Waals surface area contributed by atoms with Crippen molar-refractivity contribution in [2.45, 2.75) is 6.42 Å². The molecule has 126 valence electrons. The number of nitrogens with two attached hydrogens (primary N) is 1. The van der Waals surface area contributed by atoms with Crippen LogP contribution in [0, 0.1) is 5.82 Å². The summed E-state index contributed by atoms with van der Waals surface area (Å²) in [6.45, 7) is 0.391. The minimum absolute atomic E-state index is 0.0887. The number of nitrogens with zero attached hydrogens (tertiary/aromatic N) is 1. The van der Waals surface area contributed by atoms with Crippen molar-refractivity contribution in [3.05, 3.63) is 57.8 Å². The third kappa shape index (κ3) is 2.70. The molecule has 2 aromatic carbocycles. The highest BCUT2D eigenvalue weighted by Gasteiger charge is 2.17.